The summed E-state index contributed by atoms with van der Waals surface area (Å²) in [7, 11) is 2.92. The Morgan fingerprint density at radius 2 is 1.00 bits per heavy atom. The van der Waals surface area contributed by atoms with E-state index >= 15 is 0 Å². The molecule has 0 aliphatic carbocycles. The summed E-state index contributed by atoms with van der Waals surface area (Å²) in [6.45, 7) is 0. The molecular formula is C25H20N2O5. The maximum Gasteiger partial charge on any atom is 0.261 e. The molecule has 2 aliphatic rings. The topological polar surface area (TPSA) is 95.0 Å². The summed E-state index contributed by atoms with van der Waals surface area (Å²) in [5.41, 5.74) is 3.34. The van der Waals surface area contributed by atoms with Crippen molar-refractivity contribution >= 4 is 23.6 Å². The maximum atomic E-state index is 12.1. The van der Waals surface area contributed by atoms with Gasteiger partial charge in [-0.25, -0.2) is 0 Å². The second kappa shape index (κ2) is 8.11. The van der Waals surface area contributed by atoms with Crippen LogP contribution in [0.2, 0.25) is 0 Å². The fourth-order valence-corrected chi connectivity index (χ4v) is 3.70. The lowest BCUT2D eigenvalue weighted by atomic mass is 9.98. The van der Waals surface area contributed by atoms with E-state index < -0.39 is 0 Å². The molecule has 0 saturated carbocycles. The normalized spacial score (nSPS) is 14.3. The molecule has 0 radical (unpaired) electrons. The molecule has 32 heavy (non-hydrogen) atoms. The SMILES string of the molecule is CN1C(=O)c2ccc(Cc3ccc4c(c3)C(=O)N(C)C4=O)cc2C1=O.Oc1ccccc1. The minimum absolute atomic E-state index is 0.295. The van der Waals surface area contributed by atoms with Crippen LogP contribution < -0.4 is 0 Å². The molecule has 3 aromatic carbocycles. The third-order valence-corrected chi connectivity index (χ3v) is 5.47. The Morgan fingerprint density at radius 1 is 0.594 bits per heavy atom. The molecule has 2 heterocycles. The van der Waals surface area contributed by atoms with E-state index in [9.17, 15) is 19.2 Å². The summed E-state index contributed by atoms with van der Waals surface area (Å²) in [6.07, 6.45) is 0.497. The van der Waals surface area contributed by atoms with Gasteiger partial charge in [0.25, 0.3) is 23.6 Å². The third kappa shape index (κ3) is 3.65. The van der Waals surface area contributed by atoms with Crippen molar-refractivity contribution in [2.45, 2.75) is 6.42 Å². The van der Waals surface area contributed by atoms with Gasteiger partial charge in [-0.2, -0.15) is 0 Å². The molecule has 2 aliphatic heterocycles. The summed E-state index contributed by atoms with van der Waals surface area (Å²) >= 11 is 0. The molecule has 0 atom stereocenters. The van der Waals surface area contributed by atoms with E-state index in [1.165, 1.54) is 14.1 Å². The van der Waals surface area contributed by atoms with Crippen LogP contribution in [-0.4, -0.2) is 52.6 Å². The molecule has 7 heteroatoms. The fraction of sp³-hybridized carbons (Fsp3) is 0.120. The van der Waals surface area contributed by atoms with Crippen LogP contribution in [0.1, 0.15) is 52.6 Å². The lowest BCUT2D eigenvalue weighted by Crippen LogP contribution is -2.24. The quantitative estimate of drug-likeness (QED) is 0.633. The standard InChI is InChI=1S/C19H14N2O4.C6H6O/c1-20-16(22)12-5-3-10(8-14(12)18(20)24)7-11-4-6-13-15(9-11)19(25)21(2)17(13)23;7-6-4-2-1-3-5-6/h3-6,8-9H,7H2,1-2H3;1-5,7H. The van der Waals surface area contributed by atoms with Crippen LogP contribution in [0.4, 0.5) is 0 Å². The highest BCUT2D eigenvalue weighted by Gasteiger charge is 2.34. The van der Waals surface area contributed by atoms with Gasteiger partial charge in [-0.05, 0) is 53.9 Å². The Kier molecular flexibility index (Phi) is 5.32. The van der Waals surface area contributed by atoms with Crippen LogP contribution in [0, 0.1) is 0 Å². The number of phenolic OH excluding ortho intramolecular Hbond substituents is 1. The van der Waals surface area contributed by atoms with Gasteiger partial charge in [0.1, 0.15) is 5.75 Å². The van der Waals surface area contributed by atoms with Crippen molar-refractivity contribution in [2.24, 2.45) is 0 Å². The van der Waals surface area contributed by atoms with E-state index in [0.717, 1.165) is 20.9 Å². The predicted molar refractivity (Wildman–Crippen MR) is 117 cm³/mol. The molecule has 0 aromatic heterocycles. The summed E-state index contributed by atoms with van der Waals surface area (Å²) in [6, 6.07) is 19.1. The zero-order chi connectivity index (χ0) is 23.0. The highest BCUT2D eigenvalue weighted by Crippen LogP contribution is 2.26. The fourth-order valence-electron chi connectivity index (χ4n) is 3.70. The molecular weight excluding hydrogens is 408 g/mol. The van der Waals surface area contributed by atoms with E-state index in [1.807, 2.05) is 6.07 Å². The van der Waals surface area contributed by atoms with Gasteiger partial charge in [-0.15, -0.1) is 0 Å². The lowest BCUT2D eigenvalue weighted by molar-refractivity contribution is 0.0678. The summed E-state index contributed by atoms with van der Waals surface area (Å²) in [5.74, 6) is -0.883. The molecule has 0 fully saturated rings. The van der Waals surface area contributed by atoms with Crippen LogP contribution in [-0.2, 0) is 6.42 Å². The van der Waals surface area contributed by atoms with E-state index in [0.29, 0.717) is 34.4 Å². The van der Waals surface area contributed by atoms with Crippen molar-refractivity contribution in [1.82, 2.24) is 9.80 Å². The number of para-hydroxylation sites is 1. The van der Waals surface area contributed by atoms with Crippen molar-refractivity contribution in [3.05, 3.63) is 100 Å². The second-order valence-electron chi connectivity index (χ2n) is 7.61. The number of imide groups is 2. The molecule has 160 valence electrons. The van der Waals surface area contributed by atoms with E-state index in [2.05, 4.69) is 0 Å². The number of amides is 4. The number of benzene rings is 3. The molecule has 0 spiro atoms. The van der Waals surface area contributed by atoms with Crippen LogP contribution >= 0.6 is 0 Å². The number of rotatable bonds is 2. The number of carbonyl (C=O) groups is 4. The van der Waals surface area contributed by atoms with Gasteiger partial charge in [0.05, 0.1) is 22.3 Å². The van der Waals surface area contributed by atoms with Crippen LogP contribution in [0.3, 0.4) is 0 Å². The minimum atomic E-state index is -0.307. The number of carbonyl (C=O) groups excluding carboxylic acids is 4. The van der Waals surface area contributed by atoms with Crippen LogP contribution in [0.15, 0.2) is 66.7 Å². The summed E-state index contributed by atoms with van der Waals surface area (Å²) in [4.78, 5) is 50.3. The van der Waals surface area contributed by atoms with Crippen LogP contribution in [0.25, 0.3) is 0 Å². The number of aromatic hydroxyl groups is 1. The molecule has 5 rings (SSSR count). The average molecular weight is 428 g/mol. The monoisotopic (exact) mass is 428 g/mol. The highest BCUT2D eigenvalue weighted by atomic mass is 16.3. The van der Waals surface area contributed by atoms with Crippen molar-refractivity contribution in [2.75, 3.05) is 14.1 Å². The van der Waals surface area contributed by atoms with Crippen molar-refractivity contribution in [3.8, 4) is 5.75 Å². The van der Waals surface area contributed by atoms with E-state index in [-0.39, 0.29) is 23.6 Å². The largest absolute Gasteiger partial charge is 0.508 e. The number of hydrogen-bond acceptors (Lipinski definition) is 5. The van der Waals surface area contributed by atoms with Crippen LogP contribution in [0.5, 0.6) is 5.75 Å². The molecule has 4 amide bonds. The first kappa shape index (κ1) is 21.0. The Morgan fingerprint density at radius 3 is 1.38 bits per heavy atom. The van der Waals surface area contributed by atoms with Crippen molar-refractivity contribution in [1.29, 1.82) is 0 Å². The molecule has 1 N–H and O–H groups in total. The van der Waals surface area contributed by atoms with Crippen molar-refractivity contribution < 1.29 is 24.3 Å². The van der Waals surface area contributed by atoms with Crippen molar-refractivity contribution in [3.63, 3.8) is 0 Å². The molecule has 0 saturated heterocycles. The van der Waals surface area contributed by atoms with Gasteiger partial charge in [0.15, 0.2) is 0 Å². The van der Waals surface area contributed by atoms with Gasteiger partial charge >= 0.3 is 0 Å². The summed E-state index contributed by atoms with van der Waals surface area (Å²) < 4.78 is 0. The first-order valence-electron chi connectivity index (χ1n) is 9.92. The number of fused-ring (bicyclic) bond motifs is 2. The minimum Gasteiger partial charge on any atom is -0.508 e. The Bertz CT molecular complexity index is 1190. The zero-order valence-corrected chi connectivity index (χ0v) is 17.5. The molecule has 3 aromatic rings. The van der Waals surface area contributed by atoms with E-state index in [4.69, 9.17) is 5.11 Å². The third-order valence-electron chi connectivity index (χ3n) is 5.47. The van der Waals surface area contributed by atoms with Gasteiger partial charge in [0, 0.05) is 14.1 Å². The second-order valence-corrected chi connectivity index (χ2v) is 7.61. The smallest absolute Gasteiger partial charge is 0.261 e. The number of hydrogen-bond donors (Lipinski definition) is 1. The van der Waals surface area contributed by atoms with Gasteiger partial charge in [0.2, 0.25) is 0 Å². The number of nitrogens with zero attached hydrogens (tertiary/aromatic N) is 2. The highest BCUT2D eigenvalue weighted by molar-refractivity contribution is 6.22. The van der Waals surface area contributed by atoms with E-state index in [1.54, 1.807) is 60.7 Å². The molecule has 0 bridgehead atoms. The van der Waals surface area contributed by atoms with Gasteiger partial charge in [-0.3, -0.25) is 29.0 Å². The zero-order valence-electron chi connectivity index (χ0n) is 17.5. The average Bonchev–Trinajstić information content (AvgIpc) is 3.14. The Labute approximate surface area is 184 Å². The molecule has 7 nitrogen and oxygen atoms in total. The van der Waals surface area contributed by atoms with Gasteiger partial charge < -0.3 is 5.11 Å². The number of phenols is 1. The summed E-state index contributed by atoms with van der Waals surface area (Å²) in [5, 5.41) is 8.63. The predicted octanol–water partition coefficient (Wildman–Crippen LogP) is 3.12. The molecule has 0 unspecified atom stereocenters. The first-order chi connectivity index (χ1) is 15.3. The first-order valence-corrected chi connectivity index (χ1v) is 9.92. The Hall–Kier alpha value is -4.26. The maximum absolute atomic E-state index is 12.1. The Balaban J connectivity index is 0.000000300. The van der Waals surface area contributed by atoms with Gasteiger partial charge in [-0.1, -0.05) is 30.3 Å². The lowest BCUT2D eigenvalue weighted by Gasteiger charge is -2.05.